The van der Waals surface area contributed by atoms with Gasteiger partial charge in [-0.05, 0) is 55.2 Å². The Morgan fingerprint density at radius 1 is 1.41 bits per heavy atom. The number of carbonyl (C=O) groups excluding carboxylic acids is 1. The van der Waals surface area contributed by atoms with Gasteiger partial charge >= 0.3 is 0 Å². The van der Waals surface area contributed by atoms with E-state index in [0.717, 1.165) is 30.7 Å². The molecule has 2 aliphatic heterocycles. The van der Waals surface area contributed by atoms with Gasteiger partial charge in [0.1, 0.15) is 5.82 Å². The van der Waals surface area contributed by atoms with E-state index in [1.807, 2.05) is 11.6 Å². The summed E-state index contributed by atoms with van der Waals surface area (Å²) in [6, 6.07) is 4.92. The summed E-state index contributed by atoms with van der Waals surface area (Å²) >= 11 is 11.8. The number of aromatic nitrogens is 2. The Morgan fingerprint density at radius 2 is 2.17 bits per heavy atom. The van der Waals surface area contributed by atoms with Crippen LogP contribution in [-0.2, 0) is 35.0 Å². The first-order valence-corrected chi connectivity index (χ1v) is 10.8. The van der Waals surface area contributed by atoms with Crippen molar-refractivity contribution in [2.24, 2.45) is 7.05 Å². The molecular weight excluding hydrogens is 413 g/mol. The Hall–Kier alpha value is -1.70. The molecule has 0 spiro atoms. The number of ether oxygens (including phenoxy) is 1. The molecule has 2 fully saturated rings. The quantitative estimate of drug-likeness (QED) is 0.746. The third kappa shape index (κ3) is 3.05. The van der Waals surface area contributed by atoms with Gasteiger partial charge in [0, 0.05) is 60.6 Å². The number of fused-ring (bicyclic) bond motifs is 3. The van der Waals surface area contributed by atoms with Gasteiger partial charge in [-0.15, -0.1) is 0 Å². The van der Waals surface area contributed by atoms with E-state index in [-0.39, 0.29) is 35.5 Å². The summed E-state index contributed by atoms with van der Waals surface area (Å²) in [5, 5.41) is 3.67. The van der Waals surface area contributed by atoms with Crippen LogP contribution in [0, 0.1) is 10.6 Å². The zero-order chi connectivity index (χ0) is 20.3. The van der Waals surface area contributed by atoms with E-state index in [0.29, 0.717) is 35.1 Å². The molecule has 1 amide bonds. The van der Waals surface area contributed by atoms with Crippen LogP contribution < -0.4 is 5.32 Å². The molecule has 3 aliphatic rings. The molecule has 1 aromatic heterocycles. The maximum atomic E-state index is 14.6. The summed E-state index contributed by atoms with van der Waals surface area (Å²) < 4.78 is 24.7. The molecule has 154 valence electrons. The maximum absolute atomic E-state index is 14.6. The van der Waals surface area contributed by atoms with Gasteiger partial charge in [0.2, 0.25) is 5.91 Å². The predicted octanol–water partition coefficient (Wildman–Crippen LogP) is 3.63. The van der Waals surface area contributed by atoms with Gasteiger partial charge in [-0.3, -0.25) is 4.79 Å². The van der Waals surface area contributed by atoms with Crippen molar-refractivity contribution in [3.8, 4) is 0 Å². The first-order chi connectivity index (χ1) is 13.9. The second-order valence-electron chi connectivity index (χ2n) is 8.43. The topological polar surface area (TPSA) is 48.2 Å². The number of carbonyl (C=O) groups is 1. The molecule has 1 saturated carbocycles. The summed E-state index contributed by atoms with van der Waals surface area (Å²) in [6.45, 7) is 2.01. The van der Waals surface area contributed by atoms with Gasteiger partial charge in [-0.1, -0.05) is 11.6 Å². The molecule has 1 N–H and O–H groups in total. The van der Waals surface area contributed by atoms with Crippen LogP contribution in [-0.4, -0.2) is 34.3 Å². The monoisotopic (exact) mass is 435 g/mol. The molecule has 3 heterocycles. The van der Waals surface area contributed by atoms with Crippen molar-refractivity contribution < 1.29 is 13.9 Å². The average molecular weight is 436 g/mol. The molecule has 2 aromatic rings. The smallest absolute Gasteiger partial charge is 0.226 e. The molecule has 1 saturated heterocycles. The predicted molar refractivity (Wildman–Crippen MR) is 110 cm³/mol. The third-order valence-corrected chi connectivity index (χ3v) is 7.46. The number of hydrogen-bond acceptors (Lipinski definition) is 3. The largest absolute Gasteiger partial charge is 0.381 e. The van der Waals surface area contributed by atoms with Gasteiger partial charge in [-0.2, -0.15) is 0 Å². The van der Waals surface area contributed by atoms with E-state index in [2.05, 4.69) is 9.88 Å². The lowest BCUT2D eigenvalue weighted by molar-refractivity contribution is -0.121. The molecule has 2 atom stereocenters. The fourth-order valence-corrected chi connectivity index (χ4v) is 5.58. The molecular formula is C21H23ClFN3O2S. The van der Waals surface area contributed by atoms with Crippen molar-refractivity contribution in [1.29, 1.82) is 0 Å². The van der Waals surface area contributed by atoms with Crippen LogP contribution in [0.15, 0.2) is 18.2 Å². The Labute approximate surface area is 178 Å². The maximum Gasteiger partial charge on any atom is 0.226 e. The van der Waals surface area contributed by atoms with Gasteiger partial charge in [-0.25, -0.2) is 4.39 Å². The lowest BCUT2D eigenvalue weighted by atomic mass is 9.93. The molecule has 8 heteroatoms. The van der Waals surface area contributed by atoms with Gasteiger partial charge < -0.3 is 19.2 Å². The van der Waals surface area contributed by atoms with Gasteiger partial charge in [0.15, 0.2) is 4.77 Å². The fraction of sp³-hybridized carbons (Fsp3) is 0.524. The van der Waals surface area contributed by atoms with Crippen LogP contribution >= 0.6 is 23.8 Å². The first kappa shape index (κ1) is 19.3. The second-order valence-corrected chi connectivity index (χ2v) is 9.23. The van der Waals surface area contributed by atoms with Crippen LogP contribution in [0.1, 0.15) is 42.1 Å². The van der Waals surface area contributed by atoms with Crippen LogP contribution in [0.4, 0.5) is 4.39 Å². The normalized spacial score (nSPS) is 25.6. The minimum absolute atomic E-state index is 0.00276. The number of halogens is 2. The van der Waals surface area contributed by atoms with Crippen molar-refractivity contribution >= 4 is 29.7 Å². The Bertz CT molecular complexity index is 1060. The Kier molecular flexibility index (Phi) is 4.60. The van der Waals surface area contributed by atoms with Crippen molar-refractivity contribution in [1.82, 2.24) is 14.5 Å². The molecule has 1 aliphatic carbocycles. The fourth-order valence-electron chi connectivity index (χ4n) is 5.13. The standard InChI is InChI=1S/C21H23ClFN3O2S/c1-25-17(9-18(27)24-13-4-6-28-7-5-13)19-15-10-21(15,11-26(19)20(25)29)14-8-12(22)2-3-16(14)23/h2-3,8,13,15H,4-7,9-11H2,1H3,(H,24,27)/t15-,21+/m0/s1. The van der Waals surface area contributed by atoms with E-state index in [9.17, 15) is 9.18 Å². The van der Waals surface area contributed by atoms with Gasteiger partial charge in [0.25, 0.3) is 0 Å². The highest BCUT2D eigenvalue weighted by atomic mass is 35.5. The average Bonchev–Trinajstić information content (AvgIpc) is 3.26. The lowest BCUT2D eigenvalue weighted by Crippen LogP contribution is -2.39. The zero-order valence-corrected chi connectivity index (χ0v) is 17.8. The number of rotatable bonds is 4. The molecule has 5 nitrogen and oxygen atoms in total. The molecule has 29 heavy (non-hydrogen) atoms. The summed E-state index contributed by atoms with van der Waals surface area (Å²) in [7, 11) is 1.91. The minimum Gasteiger partial charge on any atom is -0.381 e. The lowest BCUT2D eigenvalue weighted by Gasteiger charge is -2.23. The van der Waals surface area contributed by atoms with Crippen LogP contribution in [0.25, 0.3) is 0 Å². The highest BCUT2D eigenvalue weighted by Gasteiger charge is 2.63. The van der Waals surface area contributed by atoms with Crippen molar-refractivity contribution in [3.05, 3.63) is 50.8 Å². The second kappa shape index (κ2) is 6.93. The van der Waals surface area contributed by atoms with Crippen LogP contribution in [0.3, 0.4) is 0 Å². The summed E-state index contributed by atoms with van der Waals surface area (Å²) in [5.74, 6) is -0.0519. The zero-order valence-electron chi connectivity index (χ0n) is 16.2. The van der Waals surface area contributed by atoms with Crippen molar-refractivity contribution in [2.45, 2.75) is 49.6 Å². The highest BCUT2D eigenvalue weighted by Crippen LogP contribution is 2.66. The number of imidazole rings is 1. The molecule has 5 rings (SSSR count). The SMILES string of the molecule is Cn1c(CC(=O)NC2CCOCC2)c2n(c1=S)C[C@@]1(c3cc(Cl)ccc3F)C[C@@H]21. The Balaban J connectivity index is 1.42. The van der Waals surface area contributed by atoms with Crippen molar-refractivity contribution in [2.75, 3.05) is 13.2 Å². The Morgan fingerprint density at radius 3 is 2.93 bits per heavy atom. The molecule has 0 bridgehead atoms. The summed E-state index contributed by atoms with van der Waals surface area (Å²) in [6.07, 6.45) is 2.83. The van der Waals surface area contributed by atoms with Gasteiger partial charge in [0.05, 0.1) is 6.42 Å². The molecule has 1 aromatic carbocycles. The minimum atomic E-state index is -0.294. The third-order valence-electron chi connectivity index (χ3n) is 6.73. The summed E-state index contributed by atoms with van der Waals surface area (Å²) in [5.41, 5.74) is 2.39. The summed E-state index contributed by atoms with van der Waals surface area (Å²) in [4.78, 5) is 12.7. The number of benzene rings is 1. The first-order valence-electron chi connectivity index (χ1n) is 10.0. The van der Waals surface area contributed by atoms with Crippen molar-refractivity contribution in [3.63, 3.8) is 0 Å². The van der Waals surface area contributed by atoms with E-state index < -0.39 is 0 Å². The van der Waals surface area contributed by atoms with E-state index in [4.69, 9.17) is 28.6 Å². The highest BCUT2D eigenvalue weighted by molar-refractivity contribution is 7.71. The number of hydrogen-bond donors (Lipinski definition) is 1. The molecule has 0 unspecified atom stereocenters. The number of nitrogens with zero attached hydrogens (tertiary/aromatic N) is 2. The van der Waals surface area contributed by atoms with E-state index >= 15 is 0 Å². The van der Waals surface area contributed by atoms with E-state index in [1.165, 1.54) is 6.07 Å². The number of nitrogens with one attached hydrogen (secondary N) is 1. The number of amides is 1. The molecule has 0 radical (unpaired) electrons. The van der Waals surface area contributed by atoms with Crippen LogP contribution in [0.2, 0.25) is 5.02 Å². The van der Waals surface area contributed by atoms with E-state index in [1.54, 1.807) is 12.1 Å². The van der Waals surface area contributed by atoms with Crippen LogP contribution in [0.5, 0.6) is 0 Å².